The zero-order chi connectivity index (χ0) is 15.0. The van der Waals surface area contributed by atoms with Crippen molar-refractivity contribution in [2.75, 3.05) is 0 Å². The maximum atomic E-state index is 13.8. The molecule has 2 N–H and O–H groups in total. The first-order valence-corrected chi connectivity index (χ1v) is 6.11. The van der Waals surface area contributed by atoms with E-state index in [1.165, 1.54) is 24.5 Å². The van der Waals surface area contributed by atoms with Crippen LogP contribution in [-0.4, -0.2) is 15.1 Å². The summed E-state index contributed by atoms with van der Waals surface area (Å²) < 4.78 is 27.5. The minimum absolute atomic E-state index is 0.263. The van der Waals surface area contributed by atoms with Gasteiger partial charge in [-0.05, 0) is 18.2 Å². The molecule has 1 unspecified atom stereocenters. The largest absolute Gasteiger partial charge is 0.383 e. The third-order valence-corrected chi connectivity index (χ3v) is 3.26. The maximum Gasteiger partial charge on any atom is 0.137 e. The molecule has 0 spiro atoms. The third-order valence-electron chi connectivity index (χ3n) is 3.26. The van der Waals surface area contributed by atoms with Crippen LogP contribution in [0, 0.1) is 23.0 Å². The first kappa shape index (κ1) is 13.2. The predicted octanol–water partition coefficient (Wildman–Crippen LogP) is 2.79. The van der Waals surface area contributed by atoms with Crippen molar-refractivity contribution < 1.29 is 13.9 Å². The summed E-state index contributed by atoms with van der Waals surface area (Å²) in [5.74, 6) is -1.66. The molecular formula is C15H9F2N3O. The number of hydrogen-bond donors (Lipinski definition) is 2. The van der Waals surface area contributed by atoms with Crippen LogP contribution in [0.3, 0.4) is 0 Å². The molecule has 0 aliphatic heterocycles. The fourth-order valence-electron chi connectivity index (χ4n) is 2.24. The van der Waals surface area contributed by atoms with Crippen molar-refractivity contribution >= 4 is 11.0 Å². The van der Waals surface area contributed by atoms with Gasteiger partial charge in [0.25, 0.3) is 0 Å². The number of benzene rings is 1. The van der Waals surface area contributed by atoms with Gasteiger partial charge in [0.05, 0.1) is 11.1 Å². The van der Waals surface area contributed by atoms with E-state index in [4.69, 9.17) is 5.26 Å². The molecule has 0 radical (unpaired) electrons. The molecule has 104 valence electrons. The summed E-state index contributed by atoms with van der Waals surface area (Å²) in [5, 5.41) is 19.6. The Bertz CT molecular complexity index is 847. The lowest BCUT2D eigenvalue weighted by Gasteiger charge is -2.12. The van der Waals surface area contributed by atoms with Crippen molar-refractivity contribution in [2.24, 2.45) is 0 Å². The highest BCUT2D eigenvalue weighted by Crippen LogP contribution is 2.31. The van der Waals surface area contributed by atoms with Gasteiger partial charge < -0.3 is 10.1 Å². The van der Waals surface area contributed by atoms with Crippen LogP contribution in [0.4, 0.5) is 8.78 Å². The number of aromatic amines is 1. The minimum Gasteiger partial charge on any atom is -0.383 e. The SMILES string of the molecule is N#Cc1cnc2[nH]cc(C(O)c3c(F)cccc3F)c2c1. The second-order valence-corrected chi connectivity index (χ2v) is 4.51. The highest BCUT2D eigenvalue weighted by atomic mass is 19.1. The van der Waals surface area contributed by atoms with E-state index in [-0.39, 0.29) is 5.56 Å². The number of fused-ring (bicyclic) bond motifs is 1. The number of hydrogen-bond acceptors (Lipinski definition) is 3. The number of aromatic nitrogens is 2. The van der Waals surface area contributed by atoms with E-state index >= 15 is 0 Å². The molecule has 0 saturated carbocycles. The molecule has 4 nitrogen and oxygen atoms in total. The predicted molar refractivity (Wildman–Crippen MR) is 71.2 cm³/mol. The van der Waals surface area contributed by atoms with Crippen LogP contribution < -0.4 is 0 Å². The number of nitrogens with one attached hydrogen (secondary N) is 1. The van der Waals surface area contributed by atoms with Gasteiger partial charge in [0, 0.05) is 23.3 Å². The van der Waals surface area contributed by atoms with Crippen LogP contribution in [0.15, 0.2) is 36.7 Å². The summed E-state index contributed by atoms with van der Waals surface area (Å²) in [6, 6.07) is 6.83. The van der Waals surface area contributed by atoms with E-state index in [0.717, 1.165) is 12.1 Å². The van der Waals surface area contributed by atoms with Crippen molar-refractivity contribution in [3.05, 3.63) is 65.0 Å². The van der Waals surface area contributed by atoms with Crippen LogP contribution in [-0.2, 0) is 0 Å². The molecular weight excluding hydrogens is 276 g/mol. The fourth-order valence-corrected chi connectivity index (χ4v) is 2.24. The van der Waals surface area contributed by atoms with Crippen LogP contribution in [0.2, 0.25) is 0 Å². The second kappa shape index (κ2) is 4.96. The lowest BCUT2D eigenvalue weighted by molar-refractivity contribution is 0.210. The van der Waals surface area contributed by atoms with Gasteiger partial charge in [0.15, 0.2) is 0 Å². The molecule has 0 aliphatic rings. The van der Waals surface area contributed by atoms with E-state index < -0.39 is 23.3 Å². The molecule has 0 saturated heterocycles. The average Bonchev–Trinajstić information content (AvgIpc) is 2.89. The lowest BCUT2D eigenvalue weighted by atomic mass is 10.00. The van der Waals surface area contributed by atoms with Crippen LogP contribution >= 0.6 is 0 Å². The van der Waals surface area contributed by atoms with Gasteiger partial charge in [0.1, 0.15) is 29.5 Å². The standard InChI is InChI=1S/C15H9F2N3O/c16-11-2-1-3-12(17)13(11)14(21)10-7-20-15-9(10)4-8(5-18)6-19-15/h1-4,6-7,14,21H,(H,19,20). The third kappa shape index (κ3) is 2.14. The second-order valence-electron chi connectivity index (χ2n) is 4.51. The van der Waals surface area contributed by atoms with Crippen molar-refractivity contribution in [3.8, 4) is 6.07 Å². The van der Waals surface area contributed by atoms with Gasteiger partial charge >= 0.3 is 0 Å². The summed E-state index contributed by atoms with van der Waals surface area (Å²) in [6.45, 7) is 0. The molecule has 2 heterocycles. The Hall–Kier alpha value is -2.78. The first-order chi connectivity index (χ1) is 10.1. The molecule has 1 aromatic carbocycles. The summed E-state index contributed by atoms with van der Waals surface area (Å²) in [4.78, 5) is 6.82. The number of nitrogens with zero attached hydrogens (tertiary/aromatic N) is 2. The number of aliphatic hydroxyl groups excluding tert-OH is 1. The number of pyridine rings is 1. The molecule has 0 fully saturated rings. The molecule has 0 bridgehead atoms. The number of H-pyrrole nitrogens is 1. The molecule has 21 heavy (non-hydrogen) atoms. The Labute approximate surface area is 118 Å². The number of aliphatic hydroxyl groups is 1. The van der Waals surface area contributed by atoms with Crippen LogP contribution in [0.25, 0.3) is 11.0 Å². The zero-order valence-corrected chi connectivity index (χ0v) is 10.6. The first-order valence-electron chi connectivity index (χ1n) is 6.11. The average molecular weight is 285 g/mol. The lowest BCUT2D eigenvalue weighted by Crippen LogP contribution is -2.05. The number of rotatable bonds is 2. The Balaban J connectivity index is 2.18. The van der Waals surface area contributed by atoms with E-state index in [9.17, 15) is 13.9 Å². The molecule has 0 aliphatic carbocycles. The molecule has 3 rings (SSSR count). The van der Waals surface area contributed by atoms with Gasteiger partial charge in [-0.25, -0.2) is 13.8 Å². The van der Waals surface area contributed by atoms with Gasteiger partial charge in [-0.2, -0.15) is 5.26 Å². The number of nitriles is 1. The van der Waals surface area contributed by atoms with E-state index in [0.29, 0.717) is 16.6 Å². The minimum atomic E-state index is -1.49. The molecule has 3 aromatic rings. The maximum absolute atomic E-state index is 13.8. The zero-order valence-electron chi connectivity index (χ0n) is 10.6. The van der Waals surface area contributed by atoms with Crippen molar-refractivity contribution in [1.29, 1.82) is 5.26 Å². The Morgan fingerprint density at radius 3 is 2.67 bits per heavy atom. The fraction of sp³-hybridized carbons (Fsp3) is 0.0667. The normalized spacial score (nSPS) is 12.3. The van der Waals surface area contributed by atoms with Crippen molar-refractivity contribution in [3.63, 3.8) is 0 Å². The van der Waals surface area contributed by atoms with E-state index in [2.05, 4.69) is 9.97 Å². The molecule has 1 atom stereocenters. The van der Waals surface area contributed by atoms with Gasteiger partial charge in [0.2, 0.25) is 0 Å². The van der Waals surface area contributed by atoms with E-state index in [1.54, 1.807) is 0 Å². The van der Waals surface area contributed by atoms with Gasteiger partial charge in [-0.3, -0.25) is 0 Å². The Morgan fingerprint density at radius 2 is 2.00 bits per heavy atom. The Kier molecular flexibility index (Phi) is 3.12. The topological polar surface area (TPSA) is 72.7 Å². The summed E-state index contributed by atoms with van der Waals surface area (Å²) in [5.41, 5.74) is 0.559. The quantitative estimate of drug-likeness (QED) is 0.760. The van der Waals surface area contributed by atoms with E-state index in [1.807, 2.05) is 6.07 Å². The highest BCUT2D eigenvalue weighted by molar-refractivity contribution is 5.81. The summed E-state index contributed by atoms with van der Waals surface area (Å²) >= 11 is 0. The smallest absolute Gasteiger partial charge is 0.137 e. The van der Waals surface area contributed by atoms with Crippen LogP contribution in [0.5, 0.6) is 0 Å². The summed E-state index contributed by atoms with van der Waals surface area (Å²) in [7, 11) is 0. The van der Waals surface area contributed by atoms with Crippen LogP contribution in [0.1, 0.15) is 22.8 Å². The molecule has 6 heteroatoms. The van der Waals surface area contributed by atoms with Crippen molar-refractivity contribution in [1.82, 2.24) is 9.97 Å². The highest BCUT2D eigenvalue weighted by Gasteiger charge is 2.22. The number of halogens is 2. The monoisotopic (exact) mass is 285 g/mol. The molecule has 0 amide bonds. The molecule has 2 aromatic heterocycles. The summed E-state index contributed by atoms with van der Waals surface area (Å²) in [6.07, 6.45) is 1.31. The van der Waals surface area contributed by atoms with Gasteiger partial charge in [-0.15, -0.1) is 0 Å². The van der Waals surface area contributed by atoms with Crippen molar-refractivity contribution in [2.45, 2.75) is 6.10 Å². The Morgan fingerprint density at radius 1 is 1.29 bits per heavy atom. The van der Waals surface area contributed by atoms with Gasteiger partial charge in [-0.1, -0.05) is 6.07 Å².